The molecule has 4 nitrogen and oxygen atoms in total. The third-order valence-corrected chi connectivity index (χ3v) is 2.82. The first-order valence-corrected chi connectivity index (χ1v) is 5.02. The Morgan fingerprint density at radius 1 is 1.40 bits per heavy atom. The summed E-state index contributed by atoms with van der Waals surface area (Å²) in [4.78, 5) is 10.8. The van der Waals surface area contributed by atoms with Crippen LogP contribution < -0.4 is 4.74 Å². The molecule has 15 heavy (non-hydrogen) atoms. The van der Waals surface area contributed by atoms with Crippen molar-refractivity contribution >= 4 is 27.4 Å². The van der Waals surface area contributed by atoms with E-state index in [2.05, 4.69) is 0 Å². The minimum absolute atomic E-state index is 0.0532. The van der Waals surface area contributed by atoms with E-state index in [9.17, 15) is 15.0 Å². The summed E-state index contributed by atoms with van der Waals surface area (Å²) in [6, 6.07) is 4.35. The normalized spacial score (nSPS) is 10.5. The topological polar surface area (TPSA) is 66.8 Å². The van der Waals surface area contributed by atoms with Gasteiger partial charge in [-0.2, -0.15) is 0 Å². The highest BCUT2D eigenvalue weighted by Crippen LogP contribution is 2.41. The molecule has 1 aromatic carbocycles. The van der Waals surface area contributed by atoms with Gasteiger partial charge in [0.25, 0.3) is 0 Å². The Balaban J connectivity index is 2.65. The van der Waals surface area contributed by atoms with Gasteiger partial charge in [-0.3, -0.25) is 4.79 Å². The molecule has 0 spiro atoms. The van der Waals surface area contributed by atoms with Crippen LogP contribution in [0.4, 0.5) is 0 Å². The fraction of sp³-hybridized carbons (Fsp3) is 0.100. The van der Waals surface area contributed by atoms with Gasteiger partial charge in [0, 0.05) is 18.4 Å². The highest BCUT2D eigenvalue weighted by atomic mass is 32.1. The van der Waals surface area contributed by atoms with Crippen molar-refractivity contribution in [3.05, 3.63) is 18.2 Å². The van der Waals surface area contributed by atoms with Crippen LogP contribution in [0.15, 0.2) is 18.2 Å². The second-order valence-corrected chi connectivity index (χ2v) is 4.03. The minimum atomic E-state index is -0.435. The Morgan fingerprint density at radius 2 is 2.13 bits per heavy atom. The number of carbonyl (C=O) groups is 1. The molecule has 0 saturated heterocycles. The monoisotopic (exact) mass is 224 g/mol. The van der Waals surface area contributed by atoms with Crippen LogP contribution in [-0.4, -0.2) is 16.2 Å². The van der Waals surface area contributed by atoms with Gasteiger partial charge < -0.3 is 14.9 Å². The standard InChI is InChI=1S/C10H8O4S/c1-5(11)14-8-3-2-7(12)6-4-9(13)15-10(6)8/h2-4,12-13H,1H3. The first-order chi connectivity index (χ1) is 7.08. The molecule has 1 aromatic heterocycles. The molecule has 0 fully saturated rings. The molecule has 1 heterocycles. The minimum Gasteiger partial charge on any atom is -0.507 e. The van der Waals surface area contributed by atoms with E-state index >= 15 is 0 Å². The van der Waals surface area contributed by atoms with Crippen molar-refractivity contribution in [1.29, 1.82) is 0 Å². The molecule has 2 aromatic rings. The maximum Gasteiger partial charge on any atom is 0.308 e. The zero-order chi connectivity index (χ0) is 11.0. The Bertz CT molecular complexity index is 529. The molecule has 2 N–H and O–H groups in total. The molecule has 0 amide bonds. The third-order valence-electron chi connectivity index (χ3n) is 1.87. The molecular weight excluding hydrogens is 216 g/mol. The van der Waals surface area contributed by atoms with Crippen LogP contribution >= 0.6 is 11.3 Å². The average Bonchev–Trinajstić information content (AvgIpc) is 2.52. The first kappa shape index (κ1) is 9.79. The van der Waals surface area contributed by atoms with Gasteiger partial charge >= 0.3 is 5.97 Å². The van der Waals surface area contributed by atoms with E-state index < -0.39 is 5.97 Å². The van der Waals surface area contributed by atoms with E-state index in [1.165, 1.54) is 25.1 Å². The number of phenolic OH excluding ortho intramolecular Hbond substituents is 1. The largest absolute Gasteiger partial charge is 0.507 e. The maximum atomic E-state index is 10.8. The van der Waals surface area contributed by atoms with Gasteiger partial charge in [-0.15, -0.1) is 0 Å². The number of ether oxygens (including phenoxy) is 1. The van der Waals surface area contributed by atoms with Crippen molar-refractivity contribution in [1.82, 2.24) is 0 Å². The molecule has 0 bridgehead atoms. The van der Waals surface area contributed by atoms with E-state index in [1.807, 2.05) is 0 Å². The molecule has 0 aliphatic rings. The molecular formula is C10H8O4S. The SMILES string of the molecule is CC(=O)Oc1ccc(O)c2cc(O)sc12. The predicted molar refractivity (Wildman–Crippen MR) is 56.5 cm³/mol. The van der Waals surface area contributed by atoms with Crippen molar-refractivity contribution in [2.45, 2.75) is 6.92 Å². The van der Waals surface area contributed by atoms with Crippen LogP contribution in [-0.2, 0) is 4.79 Å². The number of fused-ring (bicyclic) bond motifs is 1. The lowest BCUT2D eigenvalue weighted by Crippen LogP contribution is -2.00. The lowest BCUT2D eigenvalue weighted by atomic mass is 10.2. The summed E-state index contributed by atoms with van der Waals surface area (Å²) in [6.07, 6.45) is 0. The van der Waals surface area contributed by atoms with Crippen LogP contribution in [0.2, 0.25) is 0 Å². The number of benzene rings is 1. The Kier molecular flexibility index (Phi) is 2.24. The van der Waals surface area contributed by atoms with Crippen LogP contribution in [0.25, 0.3) is 10.1 Å². The van der Waals surface area contributed by atoms with Gasteiger partial charge in [0.2, 0.25) is 0 Å². The summed E-state index contributed by atoms with van der Waals surface area (Å²) in [5, 5.41) is 19.4. The lowest BCUT2D eigenvalue weighted by molar-refractivity contribution is -0.131. The summed E-state index contributed by atoms with van der Waals surface area (Å²) in [6.45, 7) is 1.30. The Hall–Kier alpha value is -1.75. The van der Waals surface area contributed by atoms with Crippen molar-refractivity contribution in [3.63, 3.8) is 0 Å². The van der Waals surface area contributed by atoms with Crippen molar-refractivity contribution in [2.24, 2.45) is 0 Å². The summed E-state index contributed by atoms with van der Waals surface area (Å²) < 4.78 is 5.50. The molecule has 0 aliphatic heterocycles. The maximum absolute atomic E-state index is 10.8. The van der Waals surface area contributed by atoms with Crippen molar-refractivity contribution in [2.75, 3.05) is 0 Å². The van der Waals surface area contributed by atoms with Gasteiger partial charge in [-0.25, -0.2) is 0 Å². The summed E-state index contributed by atoms with van der Waals surface area (Å²) in [7, 11) is 0. The zero-order valence-electron chi connectivity index (χ0n) is 7.85. The van der Waals surface area contributed by atoms with Gasteiger partial charge in [-0.1, -0.05) is 11.3 Å². The van der Waals surface area contributed by atoms with E-state index in [0.29, 0.717) is 15.8 Å². The van der Waals surface area contributed by atoms with E-state index in [4.69, 9.17) is 4.74 Å². The summed E-state index contributed by atoms with van der Waals surface area (Å²) in [5.41, 5.74) is 0. The molecule has 0 atom stereocenters. The Morgan fingerprint density at radius 3 is 2.80 bits per heavy atom. The fourth-order valence-corrected chi connectivity index (χ4v) is 2.18. The second-order valence-electron chi connectivity index (χ2n) is 3.00. The molecule has 0 radical (unpaired) electrons. The van der Waals surface area contributed by atoms with Crippen LogP contribution in [0.1, 0.15) is 6.92 Å². The van der Waals surface area contributed by atoms with Gasteiger partial charge in [0.1, 0.15) is 11.5 Å². The number of phenols is 1. The van der Waals surface area contributed by atoms with Gasteiger partial charge in [0.05, 0.1) is 4.70 Å². The number of carbonyl (C=O) groups excluding carboxylic acids is 1. The molecule has 0 saturated carbocycles. The number of aromatic hydroxyl groups is 2. The van der Waals surface area contributed by atoms with E-state index in [1.54, 1.807) is 0 Å². The quantitative estimate of drug-likeness (QED) is 0.575. The molecule has 2 rings (SSSR count). The summed E-state index contributed by atoms with van der Waals surface area (Å²) in [5.74, 6) is -0.0343. The van der Waals surface area contributed by atoms with Crippen LogP contribution in [0, 0.1) is 0 Å². The summed E-state index contributed by atoms with van der Waals surface area (Å²) >= 11 is 1.05. The fourth-order valence-electron chi connectivity index (χ4n) is 1.31. The van der Waals surface area contributed by atoms with Crippen LogP contribution in [0.5, 0.6) is 16.6 Å². The van der Waals surface area contributed by atoms with Gasteiger partial charge in [-0.05, 0) is 12.1 Å². The molecule has 78 valence electrons. The number of hydrogen-bond acceptors (Lipinski definition) is 5. The molecule has 0 aliphatic carbocycles. The first-order valence-electron chi connectivity index (χ1n) is 4.21. The Labute approximate surface area is 89.3 Å². The smallest absolute Gasteiger partial charge is 0.308 e. The predicted octanol–water partition coefficient (Wildman–Crippen LogP) is 2.24. The number of esters is 1. The number of rotatable bonds is 1. The number of hydrogen-bond donors (Lipinski definition) is 2. The lowest BCUT2D eigenvalue weighted by Gasteiger charge is -2.02. The van der Waals surface area contributed by atoms with Crippen molar-refractivity contribution < 1.29 is 19.7 Å². The zero-order valence-corrected chi connectivity index (χ0v) is 8.67. The number of thiophene rings is 1. The average molecular weight is 224 g/mol. The highest BCUT2D eigenvalue weighted by molar-refractivity contribution is 7.21. The van der Waals surface area contributed by atoms with Crippen molar-refractivity contribution in [3.8, 4) is 16.6 Å². The van der Waals surface area contributed by atoms with Gasteiger partial charge in [0.15, 0.2) is 5.06 Å². The van der Waals surface area contributed by atoms with E-state index in [-0.39, 0.29) is 10.8 Å². The van der Waals surface area contributed by atoms with Crippen LogP contribution in [0.3, 0.4) is 0 Å². The highest BCUT2D eigenvalue weighted by Gasteiger charge is 2.11. The molecule has 5 heteroatoms. The second kappa shape index (κ2) is 3.43. The molecule has 0 unspecified atom stereocenters. The van der Waals surface area contributed by atoms with E-state index in [0.717, 1.165) is 11.3 Å². The third kappa shape index (κ3) is 1.73.